The smallest absolute Gasteiger partial charge is 0.335 e. The summed E-state index contributed by atoms with van der Waals surface area (Å²) in [6.07, 6.45) is 12.7. The summed E-state index contributed by atoms with van der Waals surface area (Å²) < 4.78 is 5.33. The van der Waals surface area contributed by atoms with E-state index in [2.05, 4.69) is 31.2 Å². The number of rotatable bonds is 11. The van der Waals surface area contributed by atoms with Gasteiger partial charge in [-0.05, 0) is 127 Å². The monoisotopic (exact) mass is 516 g/mol. The number of allylic oxidation sites excluding steroid dienone is 1. The summed E-state index contributed by atoms with van der Waals surface area (Å²) in [6.45, 7) is 4.36. The lowest BCUT2D eigenvalue weighted by molar-refractivity contribution is -0.142. The lowest BCUT2D eigenvalue weighted by Crippen LogP contribution is -2.49. The third-order valence-electron chi connectivity index (χ3n) is 9.26. The quantitative estimate of drug-likeness (QED) is 0.248. The second kappa shape index (κ2) is 11.1. The van der Waals surface area contributed by atoms with E-state index in [-0.39, 0.29) is 12.0 Å². The molecular weight excluding hydrogens is 476 g/mol. The number of ether oxygens (including phenoxy) is 1. The Morgan fingerprint density at radius 2 is 1.66 bits per heavy atom. The molecule has 5 nitrogen and oxygen atoms in total. The van der Waals surface area contributed by atoms with Crippen LogP contribution in [0, 0.1) is 17.8 Å². The number of benzene rings is 2. The first kappa shape index (κ1) is 26.7. The lowest BCUT2D eigenvalue weighted by Gasteiger charge is -2.57. The summed E-state index contributed by atoms with van der Waals surface area (Å²) in [4.78, 5) is 22.4. The highest BCUT2D eigenvalue weighted by Crippen LogP contribution is 2.61. The van der Waals surface area contributed by atoms with Gasteiger partial charge in [-0.2, -0.15) is 0 Å². The maximum atomic E-state index is 11.6. The van der Waals surface area contributed by atoms with E-state index < -0.39 is 11.9 Å². The molecule has 6 rings (SSSR count). The Morgan fingerprint density at radius 1 is 0.974 bits per heavy atom. The molecule has 2 N–H and O–H groups in total. The SMILES string of the molecule is CCc1cc(C=C(C)c2ccc(CCCOCC(=O)O)c(C34CC5CC(CC(C5)C3)C4)c2)ccc1C(=O)O. The maximum Gasteiger partial charge on any atom is 0.335 e. The van der Waals surface area contributed by atoms with Crippen LogP contribution in [-0.2, 0) is 27.8 Å². The maximum absolute atomic E-state index is 11.6. The third kappa shape index (κ3) is 5.58. The molecule has 4 aliphatic carbocycles. The average Bonchev–Trinajstić information content (AvgIpc) is 2.87. The van der Waals surface area contributed by atoms with Crippen LogP contribution in [0.4, 0.5) is 0 Å². The minimum absolute atomic E-state index is 0.238. The molecule has 4 bridgehead atoms. The van der Waals surface area contributed by atoms with Gasteiger partial charge in [-0.3, -0.25) is 0 Å². The molecule has 2 aromatic rings. The Bertz CT molecular complexity index is 1200. The van der Waals surface area contributed by atoms with Crippen molar-refractivity contribution in [3.63, 3.8) is 0 Å². The van der Waals surface area contributed by atoms with Crippen molar-refractivity contribution >= 4 is 23.6 Å². The number of aromatic carboxylic acids is 1. The van der Waals surface area contributed by atoms with Gasteiger partial charge in [-0.1, -0.05) is 43.3 Å². The Labute approximate surface area is 225 Å². The summed E-state index contributed by atoms with van der Waals surface area (Å²) in [6, 6.07) is 12.6. The molecule has 4 fully saturated rings. The number of carboxylic acid groups (broad SMARTS) is 2. The van der Waals surface area contributed by atoms with Crippen LogP contribution in [0.15, 0.2) is 36.4 Å². The van der Waals surface area contributed by atoms with Gasteiger partial charge < -0.3 is 14.9 Å². The zero-order chi connectivity index (χ0) is 26.9. The summed E-state index contributed by atoms with van der Waals surface area (Å²) in [5.74, 6) is 0.767. The Kier molecular flexibility index (Phi) is 7.76. The topological polar surface area (TPSA) is 83.8 Å². The first-order valence-corrected chi connectivity index (χ1v) is 14.2. The molecule has 0 spiro atoms. The van der Waals surface area contributed by atoms with Gasteiger partial charge in [0.15, 0.2) is 0 Å². The molecule has 5 heteroatoms. The number of carbonyl (C=O) groups is 2. The van der Waals surface area contributed by atoms with Crippen molar-refractivity contribution in [3.05, 3.63) is 69.8 Å². The van der Waals surface area contributed by atoms with E-state index in [0.29, 0.717) is 18.6 Å². The molecule has 4 saturated carbocycles. The zero-order valence-corrected chi connectivity index (χ0v) is 22.7. The Morgan fingerprint density at radius 3 is 2.26 bits per heavy atom. The van der Waals surface area contributed by atoms with Crippen LogP contribution < -0.4 is 0 Å². The number of carboxylic acids is 2. The average molecular weight is 517 g/mol. The molecule has 2 aromatic carbocycles. The Hall–Kier alpha value is -2.92. The highest BCUT2D eigenvalue weighted by atomic mass is 16.5. The van der Waals surface area contributed by atoms with E-state index in [4.69, 9.17) is 9.84 Å². The van der Waals surface area contributed by atoms with Crippen molar-refractivity contribution in [2.24, 2.45) is 17.8 Å². The van der Waals surface area contributed by atoms with E-state index in [9.17, 15) is 14.7 Å². The molecule has 0 unspecified atom stereocenters. The first-order chi connectivity index (χ1) is 18.3. The molecule has 0 amide bonds. The van der Waals surface area contributed by atoms with E-state index in [1.807, 2.05) is 19.1 Å². The normalized spacial score (nSPS) is 26.1. The van der Waals surface area contributed by atoms with Crippen LogP contribution in [0.2, 0.25) is 0 Å². The van der Waals surface area contributed by atoms with Gasteiger partial charge in [0.2, 0.25) is 0 Å². The number of hydrogen-bond acceptors (Lipinski definition) is 3. The van der Waals surface area contributed by atoms with Crippen molar-refractivity contribution < 1.29 is 24.5 Å². The van der Waals surface area contributed by atoms with Crippen molar-refractivity contribution in [1.29, 1.82) is 0 Å². The van der Waals surface area contributed by atoms with Gasteiger partial charge in [0.05, 0.1) is 5.56 Å². The summed E-state index contributed by atoms with van der Waals surface area (Å²) >= 11 is 0. The molecule has 0 aliphatic heterocycles. The van der Waals surface area contributed by atoms with Crippen LogP contribution >= 0.6 is 0 Å². The fraction of sp³-hybridized carbons (Fsp3) is 0.515. The third-order valence-corrected chi connectivity index (χ3v) is 9.26. The standard InChI is InChI=1S/C33H40O5/c1-3-26-15-22(6-9-29(26)32(36)37)11-21(2)28-8-7-27(5-4-10-38-20-31(34)35)30(16-28)33-17-23-12-24(18-33)14-25(13-23)19-33/h6-9,11,15-16,23-25H,3-5,10,12-14,17-20H2,1-2H3,(H,34,35)(H,36,37). The highest BCUT2D eigenvalue weighted by molar-refractivity contribution is 5.90. The van der Waals surface area contributed by atoms with Crippen LogP contribution in [0.5, 0.6) is 0 Å². The second-order valence-corrected chi connectivity index (χ2v) is 12.0. The number of hydrogen-bond donors (Lipinski definition) is 2. The minimum Gasteiger partial charge on any atom is -0.480 e. The van der Waals surface area contributed by atoms with E-state index >= 15 is 0 Å². The molecule has 0 atom stereocenters. The molecule has 38 heavy (non-hydrogen) atoms. The zero-order valence-electron chi connectivity index (χ0n) is 22.7. The minimum atomic E-state index is -0.922. The number of aryl methyl sites for hydroxylation is 2. The highest BCUT2D eigenvalue weighted by Gasteiger charge is 2.52. The molecular formula is C33H40O5. The van der Waals surface area contributed by atoms with Crippen LogP contribution in [-0.4, -0.2) is 35.4 Å². The molecule has 0 heterocycles. The first-order valence-electron chi connectivity index (χ1n) is 14.2. The summed E-state index contributed by atoms with van der Waals surface area (Å²) in [5, 5.41) is 18.4. The van der Waals surface area contributed by atoms with Gasteiger partial charge in [0.25, 0.3) is 0 Å². The van der Waals surface area contributed by atoms with E-state index in [1.165, 1.54) is 60.8 Å². The second-order valence-electron chi connectivity index (χ2n) is 12.0. The van der Waals surface area contributed by atoms with Crippen molar-refractivity contribution in [3.8, 4) is 0 Å². The van der Waals surface area contributed by atoms with Gasteiger partial charge in [0.1, 0.15) is 6.61 Å². The summed E-state index contributed by atoms with van der Waals surface area (Å²) in [7, 11) is 0. The fourth-order valence-corrected chi connectivity index (χ4v) is 8.04. The predicted octanol–water partition coefficient (Wildman–Crippen LogP) is 7.01. The van der Waals surface area contributed by atoms with E-state index in [1.54, 1.807) is 6.07 Å². The molecule has 0 saturated heterocycles. The Balaban J connectivity index is 1.45. The molecule has 4 aliphatic rings. The van der Waals surface area contributed by atoms with Crippen molar-refractivity contribution in [1.82, 2.24) is 0 Å². The van der Waals surface area contributed by atoms with Gasteiger partial charge >= 0.3 is 11.9 Å². The van der Waals surface area contributed by atoms with E-state index in [0.717, 1.165) is 41.7 Å². The predicted molar refractivity (Wildman–Crippen MR) is 149 cm³/mol. The van der Waals surface area contributed by atoms with Gasteiger partial charge in [0, 0.05) is 6.61 Å². The summed E-state index contributed by atoms with van der Waals surface area (Å²) in [5.41, 5.74) is 7.83. The van der Waals surface area contributed by atoms with Gasteiger partial charge in [-0.25, -0.2) is 9.59 Å². The lowest BCUT2D eigenvalue weighted by atomic mass is 9.47. The largest absolute Gasteiger partial charge is 0.480 e. The van der Waals surface area contributed by atoms with Crippen LogP contribution in [0.25, 0.3) is 11.6 Å². The van der Waals surface area contributed by atoms with Crippen molar-refractivity contribution in [2.45, 2.75) is 77.0 Å². The van der Waals surface area contributed by atoms with Gasteiger partial charge in [-0.15, -0.1) is 0 Å². The van der Waals surface area contributed by atoms with Crippen LogP contribution in [0.3, 0.4) is 0 Å². The van der Waals surface area contributed by atoms with Crippen molar-refractivity contribution in [2.75, 3.05) is 13.2 Å². The molecule has 0 radical (unpaired) electrons. The molecule has 0 aromatic heterocycles. The fourth-order valence-electron chi connectivity index (χ4n) is 8.04. The van der Waals surface area contributed by atoms with Crippen LogP contribution in [0.1, 0.15) is 97.0 Å². The molecule has 202 valence electrons. The number of aliphatic carboxylic acids is 1.